The maximum atomic E-state index is 11.8. The van der Waals surface area contributed by atoms with Crippen LogP contribution in [0.25, 0.3) is 0 Å². The van der Waals surface area contributed by atoms with Crippen LogP contribution in [0.15, 0.2) is 24.3 Å². The average Bonchev–Trinajstić information content (AvgIpc) is 2.81. The van der Waals surface area contributed by atoms with Crippen molar-refractivity contribution in [3.8, 4) is 0 Å². The number of hydrogen-bond donors (Lipinski definition) is 2. The summed E-state index contributed by atoms with van der Waals surface area (Å²) in [6, 6.07) is 7.60. The molecule has 0 aliphatic carbocycles. The number of rotatable bonds is 3. The second-order valence-electron chi connectivity index (χ2n) is 4.81. The molecule has 0 radical (unpaired) electrons. The number of amides is 2. The zero-order valence-corrected chi connectivity index (χ0v) is 10.9. The fourth-order valence-electron chi connectivity index (χ4n) is 2.19. The Kier molecular flexibility index (Phi) is 4.20. The highest BCUT2D eigenvalue weighted by molar-refractivity contribution is 5.89. The number of urea groups is 1. The Morgan fingerprint density at radius 1 is 1.50 bits per heavy atom. The number of benzene rings is 1. The first-order valence-corrected chi connectivity index (χ1v) is 6.41. The number of nitrogens with one attached hydrogen (secondary N) is 2. The van der Waals surface area contributed by atoms with Crippen LogP contribution >= 0.6 is 0 Å². The number of aryl methyl sites for hydroxylation is 1. The minimum Gasteiger partial charge on any atom is -0.376 e. The Morgan fingerprint density at radius 3 is 3.00 bits per heavy atom. The second-order valence-corrected chi connectivity index (χ2v) is 4.81. The molecule has 0 spiro atoms. The number of anilines is 1. The summed E-state index contributed by atoms with van der Waals surface area (Å²) < 4.78 is 5.54. The van der Waals surface area contributed by atoms with E-state index in [-0.39, 0.29) is 18.2 Å². The first-order valence-electron chi connectivity index (χ1n) is 6.41. The lowest BCUT2D eigenvalue weighted by atomic mass is 10.1. The van der Waals surface area contributed by atoms with Gasteiger partial charge in [-0.2, -0.15) is 0 Å². The topological polar surface area (TPSA) is 50.4 Å². The van der Waals surface area contributed by atoms with Crippen molar-refractivity contribution >= 4 is 11.7 Å². The summed E-state index contributed by atoms with van der Waals surface area (Å²) in [5.41, 5.74) is 1.94. The lowest BCUT2D eigenvalue weighted by Gasteiger charge is -2.20. The van der Waals surface area contributed by atoms with E-state index in [1.54, 1.807) is 0 Å². The monoisotopic (exact) mass is 248 g/mol. The van der Waals surface area contributed by atoms with E-state index in [4.69, 9.17) is 4.74 Å². The van der Waals surface area contributed by atoms with Gasteiger partial charge >= 0.3 is 6.03 Å². The molecule has 2 unspecified atom stereocenters. The Bertz CT molecular complexity index is 414. The molecule has 0 bridgehead atoms. The summed E-state index contributed by atoms with van der Waals surface area (Å²) in [4.78, 5) is 11.8. The quantitative estimate of drug-likeness (QED) is 0.864. The van der Waals surface area contributed by atoms with Gasteiger partial charge in [0.25, 0.3) is 0 Å². The summed E-state index contributed by atoms with van der Waals surface area (Å²) in [6.07, 6.45) is 2.25. The third kappa shape index (κ3) is 3.47. The van der Waals surface area contributed by atoms with Crippen LogP contribution in [0.4, 0.5) is 10.5 Å². The van der Waals surface area contributed by atoms with E-state index >= 15 is 0 Å². The Balaban J connectivity index is 1.84. The predicted molar refractivity (Wildman–Crippen MR) is 71.8 cm³/mol. The van der Waals surface area contributed by atoms with E-state index in [0.29, 0.717) is 0 Å². The molecule has 18 heavy (non-hydrogen) atoms. The van der Waals surface area contributed by atoms with Crippen LogP contribution in [0, 0.1) is 6.92 Å². The molecule has 1 aromatic carbocycles. The van der Waals surface area contributed by atoms with Gasteiger partial charge in [-0.25, -0.2) is 4.79 Å². The van der Waals surface area contributed by atoms with Gasteiger partial charge in [0.2, 0.25) is 0 Å². The largest absolute Gasteiger partial charge is 0.376 e. The normalized spacial score (nSPS) is 20.4. The fourth-order valence-corrected chi connectivity index (χ4v) is 2.19. The molecule has 2 N–H and O–H groups in total. The second kappa shape index (κ2) is 5.87. The molecule has 1 fully saturated rings. The van der Waals surface area contributed by atoms with Crippen molar-refractivity contribution in [1.29, 1.82) is 0 Å². The summed E-state index contributed by atoms with van der Waals surface area (Å²) >= 11 is 0. The molecule has 0 saturated carbocycles. The summed E-state index contributed by atoms with van der Waals surface area (Å²) in [7, 11) is 0. The van der Waals surface area contributed by atoms with Gasteiger partial charge in [-0.1, -0.05) is 12.1 Å². The van der Waals surface area contributed by atoms with E-state index < -0.39 is 0 Å². The average molecular weight is 248 g/mol. The minimum atomic E-state index is -0.177. The molecule has 1 heterocycles. The number of carbonyl (C=O) groups excluding carboxylic acids is 1. The molecule has 2 rings (SSSR count). The lowest BCUT2D eigenvalue weighted by Crippen LogP contribution is -2.42. The van der Waals surface area contributed by atoms with E-state index in [2.05, 4.69) is 10.6 Å². The van der Waals surface area contributed by atoms with Crippen LogP contribution in [0.3, 0.4) is 0 Å². The molecular weight excluding hydrogens is 228 g/mol. The van der Waals surface area contributed by atoms with Gasteiger partial charge in [0.05, 0.1) is 12.1 Å². The molecule has 4 nitrogen and oxygen atoms in total. The summed E-state index contributed by atoms with van der Waals surface area (Å²) in [5, 5.41) is 5.75. The smallest absolute Gasteiger partial charge is 0.319 e. The van der Waals surface area contributed by atoms with Crippen LogP contribution in [-0.2, 0) is 4.74 Å². The molecule has 1 aromatic rings. The number of hydrogen-bond acceptors (Lipinski definition) is 2. The Morgan fingerprint density at radius 2 is 2.33 bits per heavy atom. The molecular formula is C14H20N2O2. The highest BCUT2D eigenvalue weighted by atomic mass is 16.5. The van der Waals surface area contributed by atoms with Crippen molar-refractivity contribution < 1.29 is 9.53 Å². The van der Waals surface area contributed by atoms with E-state index in [0.717, 1.165) is 30.7 Å². The summed E-state index contributed by atoms with van der Waals surface area (Å²) in [6.45, 7) is 4.78. The van der Waals surface area contributed by atoms with Gasteiger partial charge in [0.1, 0.15) is 0 Å². The number of carbonyl (C=O) groups is 1. The van der Waals surface area contributed by atoms with Gasteiger partial charge in [-0.15, -0.1) is 0 Å². The SMILES string of the molecule is Cc1cccc(NC(=O)NC(C)C2CCCO2)c1. The van der Waals surface area contributed by atoms with Gasteiger partial charge < -0.3 is 15.4 Å². The van der Waals surface area contributed by atoms with Crippen LogP contribution in [0.1, 0.15) is 25.3 Å². The van der Waals surface area contributed by atoms with Crippen molar-refractivity contribution in [2.24, 2.45) is 0 Å². The maximum absolute atomic E-state index is 11.8. The van der Waals surface area contributed by atoms with Gasteiger partial charge in [-0.3, -0.25) is 0 Å². The van der Waals surface area contributed by atoms with Crippen molar-refractivity contribution in [2.45, 2.75) is 38.8 Å². The van der Waals surface area contributed by atoms with Crippen molar-refractivity contribution in [3.63, 3.8) is 0 Å². The van der Waals surface area contributed by atoms with Crippen LogP contribution < -0.4 is 10.6 Å². The molecule has 1 aliphatic heterocycles. The first kappa shape index (κ1) is 12.9. The van der Waals surface area contributed by atoms with E-state index in [1.807, 2.05) is 38.1 Å². The molecule has 2 amide bonds. The standard InChI is InChI=1S/C14H20N2O2/c1-10-5-3-6-12(9-10)16-14(17)15-11(2)13-7-4-8-18-13/h3,5-6,9,11,13H,4,7-8H2,1-2H3,(H2,15,16,17). The zero-order chi connectivity index (χ0) is 13.0. The number of ether oxygens (including phenoxy) is 1. The molecule has 98 valence electrons. The maximum Gasteiger partial charge on any atom is 0.319 e. The third-order valence-electron chi connectivity index (χ3n) is 3.16. The van der Waals surface area contributed by atoms with E-state index in [9.17, 15) is 4.79 Å². The first-order chi connectivity index (χ1) is 8.65. The lowest BCUT2D eigenvalue weighted by molar-refractivity contribution is 0.0868. The Hall–Kier alpha value is -1.55. The van der Waals surface area contributed by atoms with Crippen LogP contribution in [0.5, 0.6) is 0 Å². The van der Waals surface area contributed by atoms with Gasteiger partial charge in [0, 0.05) is 12.3 Å². The minimum absolute atomic E-state index is 0.0392. The van der Waals surface area contributed by atoms with E-state index in [1.165, 1.54) is 0 Å². The fraction of sp³-hybridized carbons (Fsp3) is 0.500. The van der Waals surface area contributed by atoms with Crippen molar-refractivity contribution in [3.05, 3.63) is 29.8 Å². The van der Waals surface area contributed by atoms with Gasteiger partial charge in [0.15, 0.2) is 0 Å². The van der Waals surface area contributed by atoms with Crippen molar-refractivity contribution in [2.75, 3.05) is 11.9 Å². The molecule has 1 saturated heterocycles. The molecule has 4 heteroatoms. The molecule has 2 atom stereocenters. The summed E-state index contributed by atoms with van der Waals surface area (Å²) in [5.74, 6) is 0. The van der Waals surface area contributed by atoms with Crippen LogP contribution in [0.2, 0.25) is 0 Å². The highest BCUT2D eigenvalue weighted by Crippen LogP contribution is 2.15. The Labute approximate surface area is 108 Å². The van der Waals surface area contributed by atoms with Crippen LogP contribution in [-0.4, -0.2) is 24.8 Å². The van der Waals surface area contributed by atoms with Gasteiger partial charge in [-0.05, 0) is 44.4 Å². The predicted octanol–water partition coefficient (Wildman–Crippen LogP) is 2.68. The zero-order valence-electron chi connectivity index (χ0n) is 10.9. The molecule has 0 aromatic heterocycles. The molecule has 1 aliphatic rings. The van der Waals surface area contributed by atoms with Crippen molar-refractivity contribution in [1.82, 2.24) is 5.32 Å². The third-order valence-corrected chi connectivity index (χ3v) is 3.16. The highest BCUT2D eigenvalue weighted by Gasteiger charge is 2.23.